The van der Waals surface area contributed by atoms with E-state index in [-0.39, 0.29) is 24.1 Å². The molecule has 1 atom stereocenters. The molecule has 1 unspecified atom stereocenters. The second kappa shape index (κ2) is 9.19. The van der Waals surface area contributed by atoms with E-state index in [9.17, 15) is 14.4 Å². The fraction of sp³-hybridized carbons (Fsp3) is 0.647. The molecule has 0 aliphatic heterocycles. The van der Waals surface area contributed by atoms with E-state index in [1.165, 1.54) is 23.5 Å². The molecule has 25 heavy (non-hydrogen) atoms. The van der Waals surface area contributed by atoms with Crippen molar-refractivity contribution in [1.29, 1.82) is 0 Å². The lowest BCUT2D eigenvalue weighted by Crippen LogP contribution is -2.40. The molecule has 1 fully saturated rings. The number of aromatic nitrogens is 2. The maximum atomic E-state index is 12.1. The van der Waals surface area contributed by atoms with Crippen LogP contribution in [0.4, 0.5) is 0 Å². The number of aliphatic carboxylic acids is 1. The molecule has 8 nitrogen and oxygen atoms in total. The highest BCUT2D eigenvalue weighted by atomic mass is 16.4. The monoisotopic (exact) mass is 350 g/mol. The summed E-state index contributed by atoms with van der Waals surface area (Å²) in [6.45, 7) is 1.89. The number of carbonyl (C=O) groups is 3. The predicted molar refractivity (Wildman–Crippen MR) is 91.0 cm³/mol. The molecule has 0 saturated heterocycles. The van der Waals surface area contributed by atoms with Gasteiger partial charge in [-0.1, -0.05) is 32.6 Å². The zero-order valence-corrected chi connectivity index (χ0v) is 14.5. The van der Waals surface area contributed by atoms with Crippen LogP contribution in [0.5, 0.6) is 0 Å². The van der Waals surface area contributed by atoms with Crippen molar-refractivity contribution in [1.82, 2.24) is 20.4 Å². The Morgan fingerprint density at radius 1 is 1.32 bits per heavy atom. The van der Waals surface area contributed by atoms with Crippen LogP contribution in [0.2, 0.25) is 0 Å². The highest BCUT2D eigenvalue weighted by Crippen LogP contribution is 2.17. The summed E-state index contributed by atoms with van der Waals surface area (Å²) in [6, 6.07) is -0.694. The molecular formula is C17H26N4O4. The first-order chi connectivity index (χ1) is 12.0. The molecule has 1 aromatic heterocycles. The van der Waals surface area contributed by atoms with Crippen molar-refractivity contribution in [2.24, 2.45) is 0 Å². The molecule has 1 aliphatic rings. The Labute approximate surface area is 147 Å². The number of carbonyl (C=O) groups excluding carboxylic acids is 2. The van der Waals surface area contributed by atoms with Gasteiger partial charge in [0.2, 0.25) is 5.91 Å². The molecule has 1 aromatic rings. The van der Waals surface area contributed by atoms with Crippen LogP contribution in [0, 0.1) is 0 Å². The molecule has 8 heteroatoms. The summed E-state index contributed by atoms with van der Waals surface area (Å²) >= 11 is 0. The number of amides is 2. The Bertz CT molecular complexity index is 608. The predicted octanol–water partition coefficient (Wildman–Crippen LogP) is 1.32. The van der Waals surface area contributed by atoms with E-state index < -0.39 is 17.9 Å². The molecule has 138 valence electrons. The SMILES string of the molecule is CCCC(NC(=O)c1cnn(CC(=O)NC2CCCCC2)c1)C(=O)O. The Hall–Kier alpha value is -2.38. The molecule has 2 rings (SSSR count). The molecule has 3 N–H and O–H groups in total. The minimum atomic E-state index is -1.06. The zero-order chi connectivity index (χ0) is 18.2. The first kappa shape index (κ1) is 19.0. The van der Waals surface area contributed by atoms with Crippen LogP contribution in [-0.4, -0.2) is 44.8 Å². The minimum Gasteiger partial charge on any atom is -0.480 e. The fourth-order valence-electron chi connectivity index (χ4n) is 3.02. The summed E-state index contributed by atoms with van der Waals surface area (Å²) in [6.07, 6.45) is 9.32. The smallest absolute Gasteiger partial charge is 0.326 e. The van der Waals surface area contributed by atoms with Crippen molar-refractivity contribution in [2.75, 3.05) is 0 Å². The summed E-state index contributed by atoms with van der Waals surface area (Å²) < 4.78 is 1.39. The van der Waals surface area contributed by atoms with E-state index in [1.807, 2.05) is 6.92 Å². The van der Waals surface area contributed by atoms with Crippen LogP contribution >= 0.6 is 0 Å². The molecule has 0 radical (unpaired) electrons. The molecule has 1 aliphatic carbocycles. The van der Waals surface area contributed by atoms with Crippen LogP contribution in [-0.2, 0) is 16.1 Å². The fourth-order valence-corrected chi connectivity index (χ4v) is 3.02. The normalized spacial score (nSPS) is 16.2. The molecule has 1 saturated carbocycles. The van der Waals surface area contributed by atoms with E-state index in [4.69, 9.17) is 5.11 Å². The number of nitrogens with one attached hydrogen (secondary N) is 2. The van der Waals surface area contributed by atoms with Gasteiger partial charge in [-0.3, -0.25) is 14.3 Å². The summed E-state index contributed by atoms with van der Waals surface area (Å²) in [5, 5.41) is 18.6. The van der Waals surface area contributed by atoms with Crippen molar-refractivity contribution in [3.8, 4) is 0 Å². The molecule has 0 aromatic carbocycles. The quantitative estimate of drug-likeness (QED) is 0.654. The van der Waals surface area contributed by atoms with Gasteiger partial charge in [0.25, 0.3) is 5.91 Å². The molecule has 2 amide bonds. The zero-order valence-electron chi connectivity index (χ0n) is 14.5. The number of rotatable bonds is 8. The number of carboxylic acid groups (broad SMARTS) is 1. The Kier molecular flexibility index (Phi) is 6.97. The third-order valence-corrected chi connectivity index (χ3v) is 4.35. The van der Waals surface area contributed by atoms with Crippen LogP contribution in [0.15, 0.2) is 12.4 Å². The number of carboxylic acids is 1. The lowest BCUT2D eigenvalue weighted by atomic mass is 9.95. The molecule has 0 bridgehead atoms. The van der Waals surface area contributed by atoms with E-state index in [2.05, 4.69) is 15.7 Å². The van der Waals surface area contributed by atoms with Gasteiger partial charge >= 0.3 is 5.97 Å². The Morgan fingerprint density at radius 3 is 2.68 bits per heavy atom. The average molecular weight is 350 g/mol. The molecule has 0 spiro atoms. The third kappa shape index (κ3) is 5.88. The topological polar surface area (TPSA) is 113 Å². The second-order valence-corrected chi connectivity index (χ2v) is 6.48. The van der Waals surface area contributed by atoms with E-state index in [0.717, 1.165) is 25.7 Å². The summed E-state index contributed by atoms with van der Waals surface area (Å²) in [4.78, 5) is 35.3. The van der Waals surface area contributed by atoms with Crippen LogP contribution in [0.25, 0.3) is 0 Å². The van der Waals surface area contributed by atoms with Gasteiger partial charge in [-0.25, -0.2) is 4.79 Å². The number of hydrogen-bond donors (Lipinski definition) is 3. The van der Waals surface area contributed by atoms with Gasteiger partial charge < -0.3 is 15.7 Å². The van der Waals surface area contributed by atoms with Crippen LogP contribution in [0.1, 0.15) is 62.2 Å². The lowest BCUT2D eigenvalue weighted by Gasteiger charge is -2.22. The van der Waals surface area contributed by atoms with Gasteiger partial charge in [0.1, 0.15) is 12.6 Å². The van der Waals surface area contributed by atoms with Crippen molar-refractivity contribution in [3.05, 3.63) is 18.0 Å². The summed E-state index contributed by atoms with van der Waals surface area (Å²) in [5.74, 6) is -1.69. The number of hydrogen-bond acceptors (Lipinski definition) is 4. The van der Waals surface area contributed by atoms with E-state index in [0.29, 0.717) is 12.8 Å². The largest absolute Gasteiger partial charge is 0.480 e. The maximum absolute atomic E-state index is 12.1. The first-order valence-corrected chi connectivity index (χ1v) is 8.85. The number of nitrogens with zero attached hydrogens (tertiary/aromatic N) is 2. The van der Waals surface area contributed by atoms with Crippen LogP contribution in [0.3, 0.4) is 0 Å². The highest BCUT2D eigenvalue weighted by molar-refractivity contribution is 5.96. The Balaban J connectivity index is 1.86. The van der Waals surface area contributed by atoms with Gasteiger partial charge in [-0.15, -0.1) is 0 Å². The van der Waals surface area contributed by atoms with Crippen LogP contribution < -0.4 is 10.6 Å². The minimum absolute atomic E-state index is 0.0428. The summed E-state index contributed by atoms with van der Waals surface area (Å²) in [7, 11) is 0. The standard InChI is InChI=1S/C17H26N4O4/c1-2-6-14(17(24)25)20-16(23)12-9-18-21(10-12)11-15(22)19-13-7-4-3-5-8-13/h9-10,13-14H,2-8,11H2,1H3,(H,19,22)(H,20,23)(H,24,25). The summed E-state index contributed by atoms with van der Waals surface area (Å²) in [5.41, 5.74) is 0.243. The first-order valence-electron chi connectivity index (χ1n) is 8.85. The van der Waals surface area contributed by atoms with Crippen molar-refractivity contribution < 1.29 is 19.5 Å². The van der Waals surface area contributed by atoms with Gasteiger partial charge in [-0.05, 0) is 19.3 Å². The third-order valence-electron chi connectivity index (χ3n) is 4.35. The Morgan fingerprint density at radius 2 is 2.04 bits per heavy atom. The highest BCUT2D eigenvalue weighted by Gasteiger charge is 2.21. The maximum Gasteiger partial charge on any atom is 0.326 e. The van der Waals surface area contributed by atoms with Gasteiger partial charge in [0.05, 0.1) is 11.8 Å². The van der Waals surface area contributed by atoms with Gasteiger partial charge in [-0.2, -0.15) is 5.10 Å². The van der Waals surface area contributed by atoms with E-state index in [1.54, 1.807) is 0 Å². The molecular weight excluding hydrogens is 324 g/mol. The lowest BCUT2D eigenvalue weighted by molar-refractivity contribution is -0.139. The van der Waals surface area contributed by atoms with Crippen molar-refractivity contribution in [3.63, 3.8) is 0 Å². The van der Waals surface area contributed by atoms with E-state index >= 15 is 0 Å². The van der Waals surface area contributed by atoms with Gasteiger partial charge in [0, 0.05) is 12.2 Å². The molecule has 1 heterocycles. The van der Waals surface area contributed by atoms with Gasteiger partial charge in [0.15, 0.2) is 0 Å². The second-order valence-electron chi connectivity index (χ2n) is 6.48. The van der Waals surface area contributed by atoms with Crippen molar-refractivity contribution in [2.45, 2.75) is 70.5 Å². The average Bonchev–Trinajstić information content (AvgIpc) is 3.03. The van der Waals surface area contributed by atoms with Crippen molar-refractivity contribution >= 4 is 17.8 Å².